The predicted molar refractivity (Wildman–Crippen MR) is 83.5 cm³/mol. The van der Waals surface area contributed by atoms with Crippen LogP contribution in [0.3, 0.4) is 0 Å². The monoisotopic (exact) mass is 330 g/mol. The second kappa shape index (κ2) is 7.54. The maximum Gasteiger partial charge on any atom is 0.573 e. The maximum atomic E-state index is 12.4. The van der Waals surface area contributed by atoms with E-state index in [0.29, 0.717) is 12.6 Å². The molecule has 0 radical (unpaired) electrons. The highest BCUT2D eigenvalue weighted by atomic mass is 19.4. The standard InChI is InChI=1S/C15H21F3N4O/c1-2-22-9-5-6-11(22)10-20-14(19)21-12-7-3-4-8-13(12)23-15(16,17)18/h3-4,7-8,11H,2,5-6,9-10H2,1H3,(H3,19,20,21). The minimum absolute atomic E-state index is 0.0752. The second-order valence-electron chi connectivity index (χ2n) is 5.32. The SMILES string of the molecule is CCN1CCCC1CN=C(N)Nc1ccccc1OC(F)(F)F. The Hall–Kier alpha value is -1.96. The number of hydrogen-bond acceptors (Lipinski definition) is 3. The fourth-order valence-corrected chi connectivity index (χ4v) is 2.68. The Morgan fingerprint density at radius 3 is 2.87 bits per heavy atom. The first-order valence-corrected chi connectivity index (χ1v) is 7.55. The third kappa shape index (κ3) is 5.31. The van der Waals surface area contributed by atoms with Crippen LogP contribution in [0.25, 0.3) is 0 Å². The lowest BCUT2D eigenvalue weighted by atomic mass is 10.2. The van der Waals surface area contributed by atoms with Gasteiger partial charge in [-0.25, -0.2) is 0 Å². The summed E-state index contributed by atoms with van der Waals surface area (Å²) in [5, 5.41) is 2.67. The normalized spacial score (nSPS) is 19.8. The van der Waals surface area contributed by atoms with E-state index in [-0.39, 0.29) is 17.4 Å². The molecule has 1 saturated heterocycles. The topological polar surface area (TPSA) is 62.9 Å². The number of nitrogens with one attached hydrogen (secondary N) is 1. The van der Waals surface area contributed by atoms with Crippen molar-refractivity contribution in [2.75, 3.05) is 25.0 Å². The van der Waals surface area contributed by atoms with Crippen molar-refractivity contribution < 1.29 is 17.9 Å². The summed E-state index contributed by atoms with van der Waals surface area (Å²) in [6, 6.07) is 6.06. The summed E-state index contributed by atoms with van der Waals surface area (Å²) in [7, 11) is 0. The number of anilines is 1. The molecule has 1 unspecified atom stereocenters. The number of para-hydroxylation sites is 2. The van der Waals surface area contributed by atoms with Crippen LogP contribution < -0.4 is 15.8 Å². The summed E-state index contributed by atoms with van der Waals surface area (Å²) in [5.74, 6) is -0.264. The molecule has 1 aliphatic heterocycles. The smallest absolute Gasteiger partial charge is 0.404 e. The van der Waals surface area contributed by atoms with Gasteiger partial charge in [0.1, 0.15) is 0 Å². The van der Waals surface area contributed by atoms with Crippen LogP contribution in [0.5, 0.6) is 5.75 Å². The number of rotatable bonds is 5. The third-order valence-corrected chi connectivity index (χ3v) is 3.75. The molecule has 3 N–H and O–H groups in total. The lowest BCUT2D eigenvalue weighted by Gasteiger charge is -2.21. The van der Waals surface area contributed by atoms with Crippen LogP contribution in [0.4, 0.5) is 18.9 Å². The predicted octanol–water partition coefficient (Wildman–Crippen LogP) is 2.80. The lowest BCUT2D eigenvalue weighted by molar-refractivity contribution is -0.274. The number of likely N-dealkylation sites (N-methyl/N-ethyl adjacent to an activating group) is 1. The molecule has 8 heteroatoms. The van der Waals surface area contributed by atoms with E-state index in [1.54, 1.807) is 6.07 Å². The summed E-state index contributed by atoms with van der Waals surface area (Å²) in [5.41, 5.74) is 5.92. The van der Waals surface area contributed by atoms with E-state index in [9.17, 15) is 13.2 Å². The van der Waals surface area contributed by atoms with Gasteiger partial charge in [-0.15, -0.1) is 13.2 Å². The number of benzene rings is 1. The number of hydrogen-bond donors (Lipinski definition) is 2. The maximum absolute atomic E-state index is 12.4. The molecule has 1 heterocycles. The molecule has 1 atom stereocenters. The van der Waals surface area contributed by atoms with Crippen LogP contribution >= 0.6 is 0 Å². The number of nitrogens with zero attached hydrogens (tertiary/aromatic N) is 2. The zero-order chi connectivity index (χ0) is 16.9. The summed E-state index contributed by atoms with van der Waals surface area (Å²) in [4.78, 5) is 6.56. The quantitative estimate of drug-likeness (QED) is 0.644. The lowest BCUT2D eigenvalue weighted by Crippen LogP contribution is -2.33. The minimum atomic E-state index is -4.75. The third-order valence-electron chi connectivity index (χ3n) is 3.75. The van der Waals surface area contributed by atoms with Crippen molar-refractivity contribution in [2.45, 2.75) is 32.2 Å². The molecule has 23 heavy (non-hydrogen) atoms. The van der Waals surface area contributed by atoms with E-state index in [2.05, 4.69) is 26.9 Å². The molecule has 0 saturated carbocycles. The first kappa shape index (κ1) is 17.4. The van der Waals surface area contributed by atoms with Crippen LogP contribution in [0, 0.1) is 0 Å². The van der Waals surface area contributed by atoms with Gasteiger partial charge in [-0.2, -0.15) is 0 Å². The highest BCUT2D eigenvalue weighted by Crippen LogP contribution is 2.29. The summed E-state index contributed by atoms with van der Waals surface area (Å²) >= 11 is 0. The molecule has 128 valence electrons. The van der Waals surface area contributed by atoms with Crippen molar-refractivity contribution >= 4 is 11.6 Å². The van der Waals surface area contributed by atoms with Crippen molar-refractivity contribution in [3.8, 4) is 5.75 Å². The molecule has 0 amide bonds. The molecular weight excluding hydrogens is 309 g/mol. The van der Waals surface area contributed by atoms with E-state index in [4.69, 9.17) is 5.73 Å². The molecule has 0 aliphatic carbocycles. The van der Waals surface area contributed by atoms with E-state index in [1.165, 1.54) is 18.2 Å². The van der Waals surface area contributed by atoms with Crippen LogP contribution in [0.2, 0.25) is 0 Å². The Kier molecular flexibility index (Phi) is 5.70. The van der Waals surface area contributed by atoms with E-state index >= 15 is 0 Å². The van der Waals surface area contributed by atoms with Gasteiger partial charge < -0.3 is 15.8 Å². The Bertz CT molecular complexity index is 548. The fourth-order valence-electron chi connectivity index (χ4n) is 2.68. The van der Waals surface area contributed by atoms with Crippen LogP contribution in [0.1, 0.15) is 19.8 Å². The summed E-state index contributed by atoms with van der Waals surface area (Å²) in [6.45, 7) is 4.62. The molecule has 0 aromatic heterocycles. The van der Waals surface area contributed by atoms with Gasteiger partial charge in [0.15, 0.2) is 11.7 Å². The summed E-state index contributed by atoms with van der Waals surface area (Å²) in [6.07, 6.45) is -2.57. The Morgan fingerprint density at radius 1 is 1.43 bits per heavy atom. The molecule has 1 aromatic rings. The van der Waals surface area contributed by atoms with Gasteiger partial charge in [0.25, 0.3) is 0 Å². The molecule has 0 bridgehead atoms. The van der Waals surface area contributed by atoms with Crippen molar-refractivity contribution in [3.63, 3.8) is 0 Å². The average molecular weight is 330 g/mol. The Balaban J connectivity index is 1.99. The summed E-state index contributed by atoms with van der Waals surface area (Å²) < 4.78 is 41.1. The van der Waals surface area contributed by atoms with Gasteiger partial charge in [0.05, 0.1) is 12.2 Å². The van der Waals surface area contributed by atoms with Crippen LogP contribution in [-0.4, -0.2) is 42.9 Å². The molecule has 2 rings (SSSR count). The first-order valence-electron chi connectivity index (χ1n) is 7.55. The molecule has 0 spiro atoms. The number of likely N-dealkylation sites (tertiary alicyclic amines) is 1. The fraction of sp³-hybridized carbons (Fsp3) is 0.533. The van der Waals surface area contributed by atoms with E-state index < -0.39 is 6.36 Å². The van der Waals surface area contributed by atoms with Gasteiger partial charge in [-0.1, -0.05) is 19.1 Å². The van der Waals surface area contributed by atoms with Crippen molar-refractivity contribution in [1.29, 1.82) is 0 Å². The zero-order valence-corrected chi connectivity index (χ0v) is 12.9. The largest absolute Gasteiger partial charge is 0.573 e. The number of nitrogens with two attached hydrogens (primary N) is 1. The highest BCUT2D eigenvalue weighted by Gasteiger charge is 2.32. The molecule has 1 fully saturated rings. The average Bonchev–Trinajstić information content (AvgIpc) is 2.93. The number of halogens is 3. The van der Waals surface area contributed by atoms with Gasteiger partial charge in [0.2, 0.25) is 0 Å². The van der Waals surface area contributed by atoms with Crippen molar-refractivity contribution in [1.82, 2.24) is 4.90 Å². The van der Waals surface area contributed by atoms with Crippen LogP contribution in [0.15, 0.2) is 29.3 Å². The van der Waals surface area contributed by atoms with E-state index in [0.717, 1.165) is 25.9 Å². The van der Waals surface area contributed by atoms with Crippen molar-refractivity contribution in [2.24, 2.45) is 10.7 Å². The van der Waals surface area contributed by atoms with Gasteiger partial charge in [-0.05, 0) is 38.1 Å². The Morgan fingerprint density at radius 2 is 2.17 bits per heavy atom. The van der Waals surface area contributed by atoms with Gasteiger partial charge >= 0.3 is 6.36 Å². The number of ether oxygens (including phenoxy) is 1. The van der Waals surface area contributed by atoms with Crippen molar-refractivity contribution in [3.05, 3.63) is 24.3 Å². The number of alkyl halides is 3. The van der Waals surface area contributed by atoms with Crippen LogP contribution in [-0.2, 0) is 0 Å². The molecule has 5 nitrogen and oxygen atoms in total. The number of aliphatic imine (C=N–C) groups is 1. The molecule has 1 aliphatic rings. The zero-order valence-electron chi connectivity index (χ0n) is 12.9. The van der Waals surface area contributed by atoms with Gasteiger partial charge in [-0.3, -0.25) is 9.89 Å². The number of guanidine groups is 1. The first-order chi connectivity index (χ1) is 10.9. The molecular formula is C15H21F3N4O. The highest BCUT2D eigenvalue weighted by molar-refractivity contribution is 5.93. The second-order valence-corrected chi connectivity index (χ2v) is 5.32. The molecule has 1 aromatic carbocycles. The van der Waals surface area contributed by atoms with E-state index in [1.807, 2.05) is 0 Å². The van der Waals surface area contributed by atoms with Gasteiger partial charge in [0, 0.05) is 6.04 Å². The Labute approximate surface area is 133 Å². The minimum Gasteiger partial charge on any atom is -0.404 e.